The van der Waals surface area contributed by atoms with Crippen molar-refractivity contribution in [2.24, 2.45) is 0 Å². The van der Waals surface area contributed by atoms with Gasteiger partial charge in [-0.15, -0.1) is 0 Å². The van der Waals surface area contributed by atoms with E-state index in [9.17, 15) is 0 Å². The van der Waals surface area contributed by atoms with Crippen LogP contribution in [0.15, 0.2) is 131 Å². The van der Waals surface area contributed by atoms with E-state index in [4.69, 9.17) is 11.6 Å². The first kappa shape index (κ1) is 21.1. The lowest BCUT2D eigenvalue weighted by Crippen LogP contribution is -2.15. The van der Waals surface area contributed by atoms with E-state index in [1.165, 1.54) is 59.9 Å². The summed E-state index contributed by atoms with van der Waals surface area (Å²) >= 11 is 8.25. The monoisotopic (exact) mass is 509 g/mol. The lowest BCUT2D eigenvalue weighted by molar-refractivity contribution is 1.19. The van der Waals surface area contributed by atoms with Crippen molar-refractivity contribution < 1.29 is 0 Å². The number of anilines is 3. The maximum absolute atomic E-state index is 6.37. The van der Waals surface area contributed by atoms with Gasteiger partial charge in [0.05, 0.1) is 17.1 Å². The van der Waals surface area contributed by atoms with E-state index in [1.807, 2.05) is 30.0 Å². The number of hydrogen-bond donors (Lipinski definition) is 0. The molecule has 37 heavy (non-hydrogen) atoms. The quantitative estimate of drug-likeness (QED) is 0.216. The fourth-order valence-corrected chi connectivity index (χ4v) is 7.20. The number of hydrogen-bond acceptors (Lipinski definition) is 2. The highest BCUT2D eigenvalue weighted by molar-refractivity contribution is 8.00. The molecule has 1 nitrogen and oxygen atoms in total. The van der Waals surface area contributed by atoms with E-state index in [0.29, 0.717) is 0 Å². The lowest BCUT2D eigenvalue weighted by Gasteiger charge is -2.35. The van der Waals surface area contributed by atoms with Crippen LogP contribution in [0.5, 0.6) is 0 Å². The largest absolute Gasteiger partial charge is 0.307 e. The molecule has 3 heteroatoms. The van der Waals surface area contributed by atoms with Gasteiger partial charge in [0.1, 0.15) is 0 Å². The molecule has 0 unspecified atom stereocenters. The molecule has 0 radical (unpaired) electrons. The summed E-state index contributed by atoms with van der Waals surface area (Å²) in [6.07, 6.45) is 0. The van der Waals surface area contributed by atoms with Gasteiger partial charge < -0.3 is 4.90 Å². The summed E-state index contributed by atoms with van der Waals surface area (Å²) in [5.74, 6) is 0. The average molecular weight is 510 g/mol. The molecule has 0 fully saturated rings. The Morgan fingerprint density at radius 2 is 1.32 bits per heavy atom. The van der Waals surface area contributed by atoms with Crippen LogP contribution in [0.3, 0.4) is 0 Å². The van der Waals surface area contributed by atoms with Crippen LogP contribution in [0.1, 0.15) is 0 Å². The Hall–Kier alpha value is -3.98. The van der Waals surface area contributed by atoms with Crippen LogP contribution < -0.4 is 4.90 Å². The Morgan fingerprint density at radius 3 is 2.24 bits per heavy atom. The molecule has 0 amide bonds. The van der Waals surface area contributed by atoms with Crippen LogP contribution in [0, 0.1) is 0 Å². The molecule has 0 saturated carbocycles. The number of fused-ring (bicyclic) bond motifs is 9. The van der Waals surface area contributed by atoms with Crippen molar-refractivity contribution in [3.63, 3.8) is 0 Å². The predicted molar refractivity (Wildman–Crippen MR) is 158 cm³/mol. The van der Waals surface area contributed by atoms with Crippen molar-refractivity contribution in [3.8, 4) is 33.4 Å². The van der Waals surface area contributed by atoms with Gasteiger partial charge in [0, 0.05) is 25.9 Å². The normalized spacial score (nSPS) is 12.8. The Labute approximate surface area is 225 Å². The summed E-state index contributed by atoms with van der Waals surface area (Å²) in [6.45, 7) is 0. The number of para-hydroxylation sites is 2. The third kappa shape index (κ3) is 3.13. The van der Waals surface area contributed by atoms with Crippen molar-refractivity contribution >= 4 is 51.2 Å². The van der Waals surface area contributed by atoms with Gasteiger partial charge in [-0.25, -0.2) is 0 Å². The summed E-state index contributed by atoms with van der Waals surface area (Å²) in [4.78, 5) is 5.07. The van der Waals surface area contributed by atoms with E-state index in [-0.39, 0.29) is 0 Å². The number of nitrogens with zero attached hydrogens (tertiary/aromatic N) is 1. The average Bonchev–Trinajstić information content (AvgIpc) is 3.07. The highest BCUT2D eigenvalue weighted by Gasteiger charge is 2.33. The first-order chi connectivity index (χ1) is 18.3. The molecule has 0 spiro atoms. The van der Waals surface area contributed by atoms with E-state index in [1.54, 1.807) is 0 Å². The van der Waals surface area contributed by atoms with Crippen LogP contribution in [-0.2, 0) is 0 Å². The van der Waals surface area contributed by atoms with Crippen molar-refractivity contribution in [1.82, 2.24) is 0 Å². The minimum Gasteiger partial charge on any atom is -0.307 e. The van der Waals surface area contributed by atoms with Gasteiger partial charge in [0.2, 0.25) is 0 Å². The van der Waals surface area contributed by atoms with E-state index >= 15 is 0 Å². The zero-order valence-electron chi connectivity index (χ0n) is 19.8. The third-order valence-electron chi connectivity index (χ3n) is 7.42. The Kier molecular flexibility index (Phi) is 4.58. The number of benzene rings is 6. The van der Waals surface area contributed by atoms with Gasteiger partial charge >= 0.3 is 0 Å². The lowest BCUT2D eigenvalue weighted by atomic mass is 9.90. The number of rotatable bonds is 1. The third-order valence-corrected chi connectivity index (χ3v) is 8.84. The molecule has 6 aromatic rings. The zero-order valence-corrected chi connectivity index (χ0v) is 21.4. The molecule has 2 aliphatic rings. The van der Waals surface area contributed by atoms with E-state index in [0.717, 1.165) is 16.1 Å². The van der Waals surface area contributed by atoms with Gasteiger partial charge in [0.25, 0.3) is 0 Å². The van der Waals surface area contributed by atoms with Crippen molar-refractivity contribution in [1.29, 1.82) is 0 Å². The summed E-state index contributed by atoms with van der Waals surface area (Å²) in [5, 5.41) is 3.31. The molecular weight excluding hydrogens is 490 g/mol. The van der Waals surface area contributed by atoms with Crippen molar-refractivity contribution in [3.05, 3.63) is 126 Å². The van der Waals surface area contributed by atoms with Gasteiger partial charge in [-0.05, 0) is 75.5 Å². The molecule has 0 saturated heterocycles. The SMILES string of the molecule is Clc1cccc(-c2ccc3c(c2)-c2ccccc2N2c4ccccc4Sc4c2c-3cc2ccccc42)c1. The summed E-state index contributed by atoms with van der Waals surface area (Å²) < 4.78 is 0. The van der Waals surface area contributed by atoms with Crippen LogP contribution in [0.2, 0.25) is 5.02 Å². The molecule has 6 aromatic carbocycles. The predicted octanol–water partition coefficient (Wildman–Crippen LogP) is 10.7. The second-order valence-corrected chi connectivity index (χ2v) is 11.0. The second kappa shape index (κ2) is 8.01. The highest BCUT2D eigenvalue weighted by atomic mass is 35.5. The molecule has 8 rings (SSSR count). The van der Waals surface area contributed by atoms with Crippen LogP contribution in [0.4, 0.5) is 17.1 Å². The second-order valence-electron chi connectivity index (χ2n) is 9.52. The Bertz CT molecular complexity index is 1890. The summed E-state index contributed by atoms with van der Waals surface area (Å²) in [7, 11) is 0. The molecule has 2 heterocycles. The molecule has 0 aromatic heterocycles. The topological polar surface area (TPSA) is 3.24 Å². The minimum atomic E-state index is 0.750. The van der Waals surface area contributed by atoms with Gasteiger partial charge in [-0.1, -0.05) is 102 Å². The Morgan fingerprint density at radius 1 is 0.541 bits per heavy atom. The van der Waals surface area contributed by atoms with Gasteiger partial charge in [-0.2, -0.15) is 0 Å². The fraction of sp³-hybridized carbons (Fsp3) is 0. The Balaban J connectivity index is 1.52. The fourth-order valence-electron chi connectivity index (χ4n) is 5.79. The molecule has 0 bridgehead atoms. The van der Waals surface area contributed by atoms with E-state index in [2.05, 4.69) is 108 Å². The van der Waals surface area contributed by atoms with Crippen LogP contribution >= 0.6 is 23.4 Å². The maximum Gasteiger partial charge on any atom is 0.0686 e. The minimum absolute atomic E-state index is 0.750. The first-order valence-corrected chi connectivity index (χ1v) is 13.6. The molecule has 2 aliphatic heterocycles. The standard InChI is InChI=1S/C34H20ClNS/c35-24-10-7-9-21(18-24)22-16-17-26-28(19-22)27-12-3-4-13-30(27)36-31-14-5-6-15-32(31)37-34-25-11-2-1-8-23(25)20-29(26)33(34)36/h1-20H. The van der Waals surface area contributed by atoms with Crippen molar-refractivity contribution in [2.45, 2.75) is 9.79 Å². The van der Waals surface area contributed by atoms with Crippen LogP contribution in [0.25, 0.3) is 44.2 Å². The molecular formula is C34H20ClNS. The summed E-state index contributed by atoms with van der Waals surface area (Å²) in [6, 6.07) is 43.7. The van der Waals surface area contributed by atoms with E-state index < -0.39 is 0 Å². The molecule has 0 N–H and O–H groups in total. The number of halogens is 1. The smallest absolute Gasteiger partial charge is 0.0686 e. The first-order valence-electron chi connectivity index (χ1n) is 12.4. The highest BCUT2D eigenvalue weighted by Crippen LogP contribution is 2.60. The maximum atomic E-state index is 6.37. The van der Waals surface area contributed by atoms with Gasteiger partial charge in [-0.3, -0.25) is 0 Å². The van der Waals surface area contributed by atoms with Gasteiger partial charge in [0.15, 0.2) is 0 Å². The molecule has 0 atom stereocenters. The summed E-state index contributed by atoms with van der Waals surface area (Å²) in [5.41, 5.74) is 11.0. The van der Waals surface area contributed by atoms with Crippen molar-refractivity contribution in [2.75, 3.05) is 4.90 Å². The molecule has 174 valence electrons. The zero-order chi connectivity index (χ0) is 24.5. The molecule has 0 aliphatic carbocycles. The van der Waals surface area contributed by atoms with Crippen LogP contribution in [-0.4, -0.2) is 0 Å².